The summed E-state index contributed by atoms with van der Waals surface area (Å²) < 4.78 is 5.95. The van der Waals surface area contributed by atoms with Crippen molar-refractivity contribution in [1.82, 2.24) is 0 Å². The van der Waals surface area contributed by atoms with Gasteiger partial charge in [0, 0.05) is 6.04 Å². The Morgan fingerprint density at radius 1 is 1.32 bits per heavy atom. The number of hydrogen-bond donors (Lipinski definition) is 1. The minimum atomic E-state index is 0.194. The first-order valence-electron chi connectivity index (χ1n) is 7.44. The Balaban J connectivity index is 1.87. The first-order valence-corrected chi connectivity index (χ1v) is 7.44. The minimum Gasteiger partial charge on any atom is -0.493 e. The predicted octanol–water partition coefficient (Wildman–Crippen LogP) is 4.15. The van der Waals surface area contributed by atoms with Crippen molar-refractivity contribution >= 4 is 0 Å². The fraction of sp³-hybridized carbons (Fsp3) is 0.529. The van der Waals surface area contributed by atoms with Crippen molar-refractivity contribution in [2.24, 2.45) is 5.73 Å². The van der Waals surface area contributed by atoms with Crippen molar-refractivity contribution in [3.8, 4) is 5.75 Å². The van der Waals surface area contributed by atoms with Gasteiger partial charge in [-0.2, -0.15) is 0 Å². The van der Waals surface area contributed by atoms with E-state index in [0.717, 1.165) is 38.0 Å². The third-order valence-corrected chi connectivity index (χ3v) is 3.82. The van der Waals surface area contributed by atoms with Gasteiger partial charge in [-0.05, 0) is 62.1 Å². The van der Waals surface area contributed by atoms with Crippen LogP contribution in [0.1, 0.15) is 55.7 Å². The van der Waals surface area contributed by atoms with E-state index in [2.05, 4.69) is 24.8 Å². The molecule has 0 spiro atoms. The molecule has 19 heavy (non-hydrogen) atoms. The maximum absolute atomic E-state index is 6.16. The molecule has 0 fully saturated rings. The van der Waals surface area contributed by atoms with Crippen molar-refractivity contribution in [2.75, 3.05) is 6.61 Å². The number of nitrogens with two attached hydrogens (primary N) is 1. The lowest BCUT2D eigenvalue weighted by Gasteiger charge is -2.24. The van der Waals surface area contributed by atoms with Gasteiger partial charge in [0.05, 0.1) is 6.61 Å². The van der Waals surface area contributed by atoms with Crippen molar-refractivity contribution < 1.29 is 4.74 Å². The molecule has 0 radical (unpaired) electrons. The fourth-order valence-corrected chi connectivity index (χ4v) is 2.74. The molecule has 1 aliphatic carbocycles. The first kappa shape index (κ1) is 14.1. The summed E-state index contributed by atoms with van der Waals surface area (Å²) in [7, 11) is 0. The highest BCUT2D eigenvalue weighted by Gasteiger charge is 2.19. The normalized spacial score (nSPS) is 17.8. The second-order valence-corrected chi connectivity index (χ2v) is 5.31. The van der Waals surface area contributed by atoms with Gasteiger partial charge < -0.3 is 10.5 Å². The molecule has 2 rings (SSSR count). The molecular weight excluding hydrogens is 234 g/mol. The summed E-state index contributed by atoms with van der Waals surface area (Å²) >= 11 is 0. The molecule has 2 heteroatoms. The Hall–Kier alpha value is -1.28. The summed E-state index contributed by atoms with van der Waals surface area (Å²) in [6.45, 7) is 4.55. The van der Waals surface area contributed by atoms with E-state index in [0.29, 0.717) is 0 Å². The zero-order valence-electron chi connectivity index (χ0n) is 11.7. The molecule has 0 bridgehead atoms. The first-order chi connectivity index (χ1) is 9.33. The number of ether oxygens (including phenoxy) is 1. The van der Waals surface area contributed by atoms with E-state index in [1.807, 2.05) is 6.08 Å². The van der Waals surface area contributed by atoms with Crippen LogP contribution in [0.5, 0.6) is 5.75 Å². The summed E-state index contributed by atoms with van der Waals surface area (Å²) in [6, 6.07) is 6.49. The van der Waals surface area contributed by atoms with Crippen LogP contribution in [0, 0.1) is 0 Å². The van der Waals surface area contributed by atoms with E-state index in [9.17, 15) is 0 Å². The Morgan fingerprint density at radius 2 is 2.21 bits per heavy atom. The molecule has 1 unspecified atom stereocenters. The lowest BCUT2D eigenvalue weighted by Crippen LogP contribution is -2.18. The lowest BCUT2D eigenvalue weighted by molar-refractivity contribution is 0.300. The molecule has 1 aromatic rings. The van der Waals surface area contributed by atoms with E-state index in [-0.39, 0.29) is 6.04 Å². The Kier molecular flexibility index (Phi) is 5.46. The summed E-state index contributed by atoms with van der Waals surface area (Å²) in [6.07, 6.45) is 10.0. The van der Waals surface area contributed by atoms with Crippen LogP contribution in [0.15, 0.2) is 30.9 Å². The van der Waals surface area contributed by atoms with Crippen molar-refractivity contribution in [2.45, 2.75) is 51.0 Å². The van der Waals surface area contributed by atoms with Crippen molar-refractivity contribution in [1.29, 1.82) is 0 Å². The number of hydrogen-bond acceptors (Lipinski definition) is 2. The third kappa shape index (κ3) is 3.84. The standard InChI is InChI=1S/C17H25NO/c1-2-3-4-5-6-13-19-17-12-8-9-14-15(17)10-7-11-16(14)18/h2,8-9,12,16H,1,3-7,10-11,13,18H2. The molecule has 1 aromatic carbocycles. The van der Waals surface area contributed by atoms with Gasteiger partial charge in [0.2, 0.25) is 0 Å². The topological polar surface area (TPSA) is 35.2 Å². The van der Waals surface area contributed by atoms with Gasteiger partial charge in [-0.25, -0.2) is 0 Å². The van der Waals surface area contributed by atoms with Crippen molar-refractivity contribution in [3.05, 3.63) is 42.0 Å². The van der Waals surface area contributed by atoms with E-state index in [1.54, 1.807) is 0 Å². The van der Waals surface area contributed by atoms with Crippen LogP contribution in [-0.2, 0) is 6.42 Å². The maximum Gasteiger partial charge on any atom is 0.122 e. The molecule has 1 aliphatic rings. The van der Waals surface area contributed by atoms with Crippen LogP contribution >= 0.6 is 0 Å². The number of fused-ring (bicyclic) bond motifs is 1. The van der Waals surface area contributed by atoms with Crippen LogP contribution in [0.3, 0.4) is 0 Å². The van der Waals surface area contributed by atoms with Gasteiger partial charge in [0.1, 0.15) is 5.75 Å². The minimum absolute atomic E-state index is 0.194. The predicted molar refractivity (Wildman–Crippen MR) is 80.5 cm³/mol. The Morgan fingerprint density at radius 3 is 3.05 bits per heavy atom. The number of benzene rings is 1. The molecule has 0 heterocycles. The molecule has 0 aliphatic heterocycles. The van der Waals surface area contributed by atoms with Gasteiger partial charge in [-0.1, -0.05) is 18.2 Å². The Labute approximate surface area is 116 Å². The monoisotopic (exact) mass is 259 g/mol. The SMILES string of the molecule is C=CCCCCCOc1cccc2c1CCCC2N. The molecule has 0 amide bonds. The number of allylic oxidation sites excluding steroid dienone is 1. The molecule has 0 saturated carbocycles. The highest BCUT2D eigenvalue weighted by molar-refractivity contribution is 5.43. The molecule has 2 N–H and O–H groups in total. The van der Waals surface area contributed by atoms with Crippen LogP contribution in [-0.4, -0.2) is 6.61 Å². The average molecular weight is 259 g/mol. The molecule has 104 valence electrons. The highest BCUT2D eigenvalue weighted by Crippen LogP contribution is 2.34. The zero-order chi connectivity index (χ0) is 13.5. The average Bonchev–Trinajstić information content (AvgIpc) is 2.43. The quantitative estimate of drug-likeness (QED) is 0.590. The molecular formula is C17H25NO. The van der Waals surface area contributed by atoms with E-state index in [1.165, 1.54) is 30.4 Å². The molecule has 0 aromatic heterocycles. The maximum atomic E-state index is 6.16. The fourth-order valence-electron chi connectivity index (χ4n) is 2.74. The van der Waals surface area contributed by atoms with Crippen LogP contribution in [0.25, 0.3) is 0 Å². The summed E-state index contributed by atoms with van der Waals surface area (Å²) in [4.78, 5) is 0. The van der Waals surface area contributed by atoms with E-state index >= 15 is 0 Å². The molecule has 1 atom stereocenters. The highest BCUT2D eigenvalue weighted by atomic mass is 16.5. The number of unbranched alkanes of at least 4 members (excludes halogenated alkanes) is 3. The molecule has 2 nitrogen and oxygen atoms in total. The third-order valence-electron chi connectivity index (χ3n) is 3.82. The molecule has 0 saturated heterocycles. The van der Waals surface area contributed by atoms with Gasteiger partial charge in [0.15, 0.2) is 0 Å². The summed E-state index contributed by atoms with van der Waals surface area (Å²) in [5, 5.41) is 0. The van der Waals surface area contributed by atoms with Gasteiger partial charge in [0.25, 0.3) is 0 Å². The van der Waals surface area contributed by atoms with Crippen LogP contribution < -0.4 is 10.5 Å². The van der Waals surface area contributed by atoms with Gasteiger partial charge in [-0.3, -0.25) is 0 Å². The number of rotatable bonds is 7. The van der Waals surface area contributed by atoms with Crippen molar-refractivity contribution in [3.63, 3.8) is 0 Å². The smallest absolute Gasteiger partial charge is 0.122 e. The van der Waals surface area contributed by atoms with Crippen LogP contribution in [0.4, 0.5) is 0 Å². The second kappa shape index (κ2) is 7.34. The summed E-state index contributed by atoms with van der Waals surface area (Å²) in [5.41, 5.74) is 8.79. The zero-order valence-corrected chi connectivity index (χ0v) is 11.7. The van der Waals surface area contributed by atoms with Gasteiger partial charge >= 0.3 is 0 Å². The second-order valence-electron chi connectivity index (χ2n) is 5.31. The largest absolute Gasteiger partial charge is 0.493 e. The van der Waals surface area contributed by atoms with Crippen LogP contribution in [0.2, 0.25) is 0 Å². The van der Waals surface area contributed by atoms with E-state index in [4.69, 9.17) is 10.5 Å². The Bertz CT molecular complexity index is 414. The van der Waals surface area contributed by atoms with E-state index < -0.39 is 0 Å². The lowest BCUT2D eigenvalue weighted by atomic mass is 9.87. The summed E-state index contributed by atoms with van der Waals surface area (Å²) in [5.74, 6) is 1.05. The van der Waals surface area contributed by atoms with Gasteiger partial charge in [-0.15, -0.1) is 6.58 Å².